The fourth-order valence-corrected chi connectivity index (χ4v) is 5.46. The molecule has 1 amide bonds. The highest BCUT2D eigenvalue weighted by Gasteiger charge is 2.46. The first-order valence-electron chi connectivity index (χ1n) is 14.1. The molecule has 1 atom stereocenters. The molecule has 42 heavy (non-hydrogen) atoms. The molecule has 2 aliphatic heterocycles. The summed E-state index contributed by atoms with van der Waals surface area (Å²) >= 11 is 0. The molecule has 0 aromatic heterocycles. The Morgan fingerprint density at radius 2 is 1.74 bits per heavy atom. The smallest absolute Gasteiger partial charge is 0.295 e. The third-order valence-corrected chi connectivity index (χ3v) is 7.72. The van der Waals surface area contributed by atoms with Gasteiger partial charge in [0, 0.05) is 31.7 Å². The second kappa shape index (κ2) is 13.1. The minimum atomic E-state index is -0.849. The van der Waals surface area contributed by atoms with Crippen LogP contribution in [0.3, 0.4) is 0 Å². The lowest BCUT2D eigenvalue weighted by Crippen LogP contribution is -2.38. The Kier molecular flexibility index (Phi) is 9.09. The average molecular weight is 573 g/mol. The topological polar surface area (TPSA) is 109 Å². The van der Waals surface area contributed by atoms with Crippen LogP contribution in [0, 0.1) is 6.92 Å². The fourth-order valence-electron chi connectivity index (χ4n) is 5.46. The number of hydrogen-bond acceptors (Lipinski definition) is 8. The minimum Gasteiger partial charge on any atom is -0.507 e. The van der Waals surface area contributed by atoms with Crippen LogP contribution in [0.5, 0.6) is 17.2 Å². The Labute approximate surface area is 245 Å². The molecule has 0 bridgehead atoms. The molecular weight excluding hydrogens is 536 g/mol. The maximum atomic E-state index is 13.5. The lowest BCUT2D eigenvalue weighted by Gasteiger charge is -2.29. The van der Waals surface area contributed by atoms with Crippen molar-refractivity contribution in [1.29, 1.82) is 0 Å². The number of carbonyl (C=O) groups excluding carboxylic acids is 2. The zero-order valence-corrected chi connectivity index (χ0v) is 23.9. The maximum absolute atomic E-state index is 13.5. The van der Waals surface area contributed by atoms with Crippen LogP contribution in [0.4, 0.5) is 0 Å². The number of methoxy groups -OCH3 is 1. The van der Waals surface area contributed by atoms with E-state index < -0.39 is 17.7 Å². The van der Waals surface area contributed by atoms with E-state index in [0.29, 0.717) is 49.7 Å². The highest BCUT2D eigenvalue weighted by molar-refractivity contribution is 6.46. The Morgan fingerprint density at radius 3 is 2.45 bits per heavy atom. The fraction of sp³-hybridized carbons (Fsp3) is 0.333. The van der Waals surface area contributed by atoms with Crippen molar-refractivity contribution < 1.29 is 34.0 Å². The van der Waals surface area contributed by atoms with Gasteiger partial charge < -0.3 is 29.3 Å². The number of carbonyl (C=O) groups is 2. The quantitative estimate of drug-likeness (QED) is 0.209. The standard InChI is InChI=1S/C33H36N2O7/c1-22-19-25(10-12-27(22)42-21-23-7-4-3-5-8-23)31(37)29-30(24-9-11-26(36)28(20-24)40-2)35(33(39)32(29)38)14-6-13-34-15-17-41-18-16-34/h3-5,7-12,19-20,30,36-37H,6,13-18,21H2,1-2H3/b31-29-. The van der Waals surface area contributed by atoms with E-state index in [1.54, 1.807) is 30.3 Å². The van der Waals surface area contributed by atoms with Gasteiger partial charge >= 0.3 is 0 Å². The molecule has 0 aliphatic carbocycles. The Balaban J connectivity index is 1.45. The van der Waals surface area contributed by atoms with E-state index in [1.807, 2.05) is 37.3 Å². The Morgan fingerprint density at radius 1 is 0.976 bits per heavy atom. The predicted molar refractivity (Wildman–Crippen MR) is 157 cm³/mol. The van der Waals surface area contributed by atoms with Crippen molar-refractivity contribution in [3.63, 3.8) is 0 Å². The van der Waals surface area contributed by atoms with Gasteiger partial charge in [-0.1, -0.05) is 36.4 Å². The van der Waals surface area contributed by atoms with E-state index >= 15 is 0 Å². The van der Waals surface area contributed by atoms with Crippen molar-refractivity contribution in [2.45, 2.75) is 26.0 Å². The summed E-state index contributed by atoms with van der Waals surface area (Å²) in [6.45, 7) is 6.32. The number of ketones is 1. The van der Waals surface area contributed by atoms with E-state index in [2.05, 4.69) is 4.90 Å². The van der Waals surface area contributed by atoms with Crippen LogP contribution in [0.1, 0.15) is 34.7 Å². The van der Waals surface area contributed by atoms with Gasteiger partial charge in [0.1, 0.15) is 18.1 Å². The highest BCUT2D eigenvalue weighted by Crippen LogP contribution is 2.42. The van der Waals surface area contributed by atoms with Crippen LogP contribution < -0.4 is 9.47 Å². The molecule has 0 saturated carbocycles. The number of benzene rings is 3. The lowest BCUT2D eigenvalue weighted by atomic mass is 9.94. The molecule has 9 nitrogen and oxygen atoms in total. The third-order valence-electron chi connectivity index (χ3n) is 7.72. The Hall–Kier alpha value is -4.34. The van der Waals surface area contributed by atoms with Crippen LogP contribution in [-0.4, -0.2) is 78.2 Å². The number of likely N-dealkylation sites (tertiary alicyclic amines) is 1. The normalized spacial score (nSPS) is 18.8. The van der Waals surface area contributed by atoms with E-state index in [9.17, 15) is 19.8 Å². The predicted octanol–water partition coefficient (Wildman–Crippen LogP) is 4.43. The molecule has 2 saturated heterocycles. The number of nitrogens with zero attached hydrogens (tertiary/aromatic N) is 2. The SMILES string of the molecule is COc1cc(C2/C(=C(/O)c3ccc(OCc4ccccc4)c(C)c3)C(=O)C(=O)N2CCCN2CCOCC2)ccc1O. The second-order valence-electron chi connectivity index (χ2n) is 10.5. The zero-order valence-electron chi connectivity index (χ0n) is 23.9. The Bertz CT molecular complexity index is 1460. The summed E-state index contributed by atoms with van der Waals surface area (Å²) in [5.41, 5.74) is 2.76. The van der Waals surface area contributed by atoms with E-state index in [-0.39, 0.29) is 22.8 Å². The van der Waals surface area contributed by atoms with Gasteiger partial charge in [0.05, 0.1) is 31.9 Å². The molecule has 2 heterocycles. The number of rotatable bonds is 10. The van der Waals surface area contributed by atoms with Crippen molar-refractivity contribution in [2.75, 3.05) is 46.5 Å². The number of phenolic OH excluding ortho intramolecular Hbond substituents is 1. The third kappa shape index (κ3) is 6.27. The van der Waals surface area contributed by atoms with Crippen molar-refractivity contribution >= 4 is 17.4 Å². The summed E-state index contributed by atoms with van der Waals surface area (Å²) in [6.07, 6.45) is 0.644. The summed E-state index contributed by atoms with van der Waals surface area (Å²) < 4.78 is 16.7. The van der Waals surface area contributed by atoms with Crippen LogP contribution in [-0.2, 0) is 20.9 Å². The first-order chi connectivity index (χ1) is 20.4. The van der Waals surface area contributed by atoms with Gasteiger partial charge in [0.2, 0.25) is 0 Å². The molecule has 3 aromatic carbocycles. The van der Waals surface area contributed by atoms with Crippen molar-refractivity contribution in [3.8, 4) is 17.2 Å². The van der Waals surface area contributed by atoms with Crippen molar-refractivity contribution in [2.24, 2.45) is 0 Å². The lowest BCUT2D eigenvalue weighted by molar-refractivity contribution is -0.140. The number of morpholine rings is 1. The van der Waals surface area contributed by atoms with Gasteiger partial charge in [-0.2, -0.15) is 0 Å². The molecule has 220 valence electrons. The number of phenols is 1. The second-order valence-corrected chi connectivity index (χ2v) is 10.5. The van der Waals surface area contributed by atoms with Crippen LogP contribution >= 0.6 is 0 Å². The van der Waals surface area contributed by atoms with Crippen LogP contribution in [0.15, 0.2) is 72.3 Å². The number of Topliss-reactive ketones (excluding diaryl/α,β-unsaturated/α-hetero) is 1. The van der Waals surface area contributed by atoms with E-state index in [1.165, 1.54) is 18.1 Å². The first-order valence-corrected chi connectivity index (χ1v) is 14.1. The summed E-state index contributed by atoms with van der Waals surface area (Å²) in [7, 11) is 1.43. The molecule has 0 spiro atoms. The molecule has 2 fully saturated rings. The molecule has 2 N–H and O–H groups in total. The number of aliphatic hydroxyl groups is 1. The first kappa shape index (κ1) is 29.2. The molecule has 0 radical (unpaired) electrons. The summed E-state index contributed by atoms with van der Waals surface area (Å²) in [5.74, 6) is -0.889. The molecular formula is C33H36N2O7. The monoisotopic (exact) mass is 572 g/mol. The number of amides is 1. The molecule has 5 rings (SSSR count). The van der Waals surface area contributed by atoms with Gasteiger partial charge in [-0.05, 0) is 60.4 Å². The minimum absolute atomic E-state index is 0.00327. The molecule has 1 unspecified atom stereocenters. The number of aromatic hydroxyl groups is 1. The average Bonchev–Trinajstić information content (AvgIpc) is 3.26. The summed E-state index contributed by atoms with van der Waals surface area (Å²) in [5, 5.41) is 21.7. The van der Waals surface area contributed by atoms with Gasteiger partial charge in [-0.3, -0.25) is 14.5 Å². The van der Waals surface area contributed by atoms with Gasteiger partial charge in [-0.25, -0.2) is 0 Å². The molecule has 2 aliphatic rings. The van der Waals surface area contributed by atoms with Gasteiger partial charge in [0.15, 0.2) is 11.5 Å². The number of aliphatic hydroxyl groups excluding tert-OH is 1. The van der Waals surface area contributed by atoms with Gasteiger partial charge in [0.25, 0.3) is 11.7 Å². The van der Waals surface area contributed by atoms with Crippen LogP contribution in [0.25, 0.3) is 5.76 Å². The largest absolute Gasteiger partial charge is 0.507 e. The van der Waals surface area contributed by atoms with Crippen molar-refractivity contribution in [3.05, 3.63) is 94.6 Å². The van der Waals surface area contributed by atoms with Gasteiger partial charge in [-0.15, -0.1) is 0 Å². The number of aryl methyl sites for hydroxylation is 1. The highest BCUT2D eigenvalue weighted by atomic mass is 16.5. The summed E-state index contributed by atoms with van der Waals surface area (Å²) in [6, 6.07) is 18.8. The van der Waals surface area contributed by atoms with Crippen LogP contribution in [0.2, 0.25) is 0 Å². The maximum Gasteiger partial charge on any atom is 0.295 e. The number of ether oxygens (including phenoxy) is 3. The molecule has 9 heteroatoms. The van der Waals surface area contributed by atoms with Crippen molar-refractivity contribution in [1.82, 2.24) is 9.80 Å². The number of hydrogen-bond donors (Lipinski definition) is 2. The van der Waals surface area contributed by atoms with E-state index in [0.717, 1.165) is 30.8 Å². The molecule has 3 aromatic rings. The zero-order chi connectivity index (χ0) is 29.6. The van der Waals surface area contributed by atoms with E-state index in [4.69, 9.17) is 14.2 Å². The summed E-state index contributed by atoms with van der Waals surface area (Å²) in [4.78, 5) is 30.6.